The van der Waals surface area contributed by atoms with Crippen LogP contribution in [-0.4, -0.2) is 23.0 Å². The van der Waals surface area contributed by atoms with Gasteiger partial charge in [-0.15, -0.1) is 0 Å². The van der Waals surface area contributed by atoms with Crippen LogP contribution < -0.4 is 4.90 Å². The van der Waals surface area contributed by atoms with Gasteiger partial charge >= 0.3 is 0 Å². The molecule has 0 amide bonds. The number of rotatable bonds is 2. The Balaban J connectivity index is 1.58. The Bertz CT molecular complexity index is 1420. The van der Waals surface area contributed by atoms with Gasteiger partial charge in [0, 0.05) is 11.1 Å². The third-order valence-corrected chi connectivity index (χ3v) is 8.81. The summed E-state index contributed by atoms with van der Waals surface area (Å²) in [5.41, 5.74) is 5.64. The molecule has 2 fully saturated rings. The molecule has 0 unspecified atom stereocenters. The summed E-state index contributed by atoms with van der Waals surface area (Å²) in [6.45, 7) is 0. The molecule has 2 aliphatic carbocycles. The topological polar surface area (TPSA) is 6.25 Å². The molecule has 0 spiro atoms. The summed E-state index contributed by atoms with van der Waals surface area (Å²) in [6, 6.07) is 28.7. The first kappa shape index (κ1) is 21.2. The maximum atomic E-state index is 2.70. The van der Waals surface area contributed by atoms with Crippen molar-refractivity contribution in [3.8, 4) is 11.1 Å². The SMILES string of the molecule is C1=[N+](C2CCCCC2)c2ccc3ccccc3c2-c2c(ccc3ccccc23)N1C1CCCCC1. The third kappa shape index (κ3) is 3.57. The Morgan fingerprint density at radius 3 is 1.89 bits per heavy atom. The van der Waals surface area contributed by atoms with Gasteiger partial charge in [0.15, 0.2) is 0 Å². The van der Waals surface area contributed by atoms with Gasteiger partial charge in [-0.2, -0.15) is 0 Å². The Morgan fingerprint density at radius 2 is 1.17 bits per heavy atom. The number of nitrogens with zero attached hydrogens (tertiary/aromatic N) is 2. The fraction of sp³-hybridized carbons (Fsp3) is 0.364. The van der Waals surface area contributed by atoms with Gasteiger partial charge in [0.05, 0.1) is 0 Å². The first-order valence-corrected chi connectivity index (χ1v) is 13.8. The molecular weight excluding hydrogens is 424 g/mol. The van der Waals surface area contributed by atoms with Gasteiger partial charge in [-0.1, -0.05) is 73.5 Å². The van der Waals surface area contributed by atoms with Crippen LogP contribution in [0.2, 0.25) is 0 Å². The molecule has 4 aromatic rings. The lowest BCUT2D eigenvalue weighted by molar-refractivity contribution is -0.485. The molecule has 176 valence electrons. The van der Waals surface area contributed by atoms with E-state index in [9.17, 15) is 0 Å². The minimum atomic E-state index is 0.579. The number of benzene rings is 4. The van der Waals surface area contributed by atoms with Crippen LogP contribution in [0.3, 0.4) is 0 Å². The van der Waals surface area contributed by atoms with Crippen LogP contribution in [0.1, 0.15) is 64.2 Å². The largest absolute Gasteiger partial charge is 0.244 e. The van der Waals surface area contributed by atoms with Crippen molar-refractivity contribution in [3.63, 3.8) is 0 Å². The summed E-state index contributed by atoms with van der Waals surface area (Å²) >= 11 is 0. The van der Waals surface area contributed by atoms with Gasteiger partial charge in [0.1, 0.15) is 23.5 Å². The van der Waals surface area contributed by atoms with Crippen LogP contribution in [0.25, 0.3) is 32.7 Å². The average molecular weight is 460 g/mol. The molecule has 0 bridgehead atoms. The van der Waals surface area contributed by atoms with Crippen LogP contribution in [-0.2, 0) is 0 Å². The van der Waals surface area contributed by atoms with Crippen molar-refractivity contribution >= 4 is 39.3 Å². The highest BCUT2D eigenvalue weighted by molar-refractivity contribution is 6.14. The summed E-state index contributed by atoms with van der Waals surface area (Å²) in [6.07, 6.45) is 15.8. The van der Waals surface area contributed by atoms with Crippen molar-refractivity contribution in [1.82, 2.24) is 0 Å². The molecule has 0 radical (unpaired) electrons. The van der Waals surface area contributed by atoms with Crippen LogP contribution in [0, 0.1) is 0 Å². The monoisotopic (exact) mass is 459 g/mol. The third-order valence-electron chi connectivity index (χ3n) is 8.81. The number of fused-ring (bicyclic) bond motifs is 7. The van der Waals surface area contributed by atoms with E-state index in [1.54, 1.807) is 0 Å². The summed E-state index contributed by atoms with van der Waals surface area (Å²) < 4.78 is 2.70. The van der Waals surface area contributed by atoms with Crippen molar-refractivity contribution in [1.29, 1.82) is 0 Å². The van der Waals surface area contributed by atoms with Crippen molar-refractivity contribution in [2.24, 2.45) is 0 Å². The molecule has 2 saturated carbocycles. The van der Waals surface area contributed by atoms with Gasteiger partial charge in [-0.05, 0) is 85.0 Å². The van der Waals surface area contributed by atoms with E-state index in [4.69, 9.17) is 0 Å². The lowest BCUT2D eigenvalue weighted by Gasteiger charge is -2.29. The van der Waals surface area contributed by atoms with Gasteiger partial charge in [0.25, 0.3) is 0 Å². The molecule has 1 aliphatic heterocycles. The van der Waals surface area contributed by atoms with Gasteiger partial charge in [0.2, 0.25) is 6.34 Å². The quantitative estimate of drug-likeness (QED) is 0.271. The Kier molecular flexibility index (Phi) is 5.34. The van der Waals surface area contributed by atoms with E-state index in [1.807, 2.05) is 0 Å². The maximum absolute atomic E-state index is 2.70. The van der Waals surface area contributed by atoms with Crippen LogP contribution >= 0.6 is 0 Å². The van der Waals surface area contributed by atoms with Crippen molar-refractivity contribution in [2.45, 2.75) is 76.3 Å². The molecule has 0 aromatic heterocycles. The van der Waals surface area contributed by atoms with E-state index >= 15 is 0 Å². The second kappa shape index (κ2) is 8.82. The van der Waals surface area contributed by atoms with Crippen molar-refractivity contribution in [3.05, 3.63) is 72.8 Å². The van der Waals surface area contributed by atoms with E-state index in [-0.39, 0.29) is 0 Å². The Morgan fingerprint density at radius 1 is 0.571 bits per heavy atom. The second-order valence-corrected chi connectivity index (χ2v) is 10.9. The van der Waals surface area contributed by atoms with E-state index < -0.39 is 0 Å². The fourth-order valence-corrected chi connectivity index (χ4v) is 7.03. The van der Waals surface area contributed by atoms with E-state index in [0.717, 1.165) is 0 Å². The maximum Gasteiger partial charge on any atom is 0.244 e. The number of hydrogen-bond acceptors (Lipinski definition) is 1. The highest BCUT2D eigenvalue weighted by atomic mass is 15.2. The molecule has 7 rings (SSSR count). The number of hydrogen-bond donors (Lipinski definition) is 0. The van der Waals surface area contributed by atoms with Gasteiger partial charge in [-0.3, -0.25) is 0 Å². The van der Waals surface area contributed by atoms with E-state index in [1.165, 1.54) is 108 Å². The lowest BCUT2D eigenvalue weighted by atomic mass is 9.89. The summed E-state index contributed by atoms with van der Waals surface area (Å²) in [7, 11) is 0. The summed E-state index contributed by atoms with van der Waals surface area (Å²) in [5, 5.41) is 5.42. The lowest BCUT2D eigenvalue weighted by Crippen LogP contribution is -2.40. The summed E-state index contributed by atoms with van der Waals surface area (Å²) in [4.78, 5) is 2.70. The van der Waals surface area contributed by atoms with E-state index in [0.29, 0.717) is 12.1 Å². The van der Waals surface area contributed by atoms with E-state index in [2.05, 4.69) is 88.6 Å². The molecule has 0 saturated heterocycles. The second-order valence-electron chi connectivity index (χ2n) is 10.9. The molecule has 35 heavy (non-hydrogen) atoms. The Labute approximate surface area is 208 Å². The number of anilines is 1. The minimum absolute atomic E-state index is 0.579. The minimum Gasteiger partial charge on any atom is -0.230 e. The Hall–Kier alpha value is -3.13. The summed E-state index contributed by atoms with van der Waals surface area (Å²) in [5.74, 6) is 0. The smallest absolute Gasteiger partial charge is 0.230 e. The molecule has 1 heterocycles. The molecule has 0 N–H and O–H groups in total. The highest BCUT2D eigenvalue weighted by Crippen LogP contribution is 2.48. The first-order valence-electron chi connectivity index (χ1n) is 13.8. The van der Waals surface area contributed by atoms with Crippen LogP contribution in [0.15, 0.2) is 72.8 Å². The molecule has 4 aromatic carbocycles. The molecular formula is C33H35N2+. The standard InChI is InChI=1S/C33H35N2/c1-3-13-26(14-4-1)34-23-35(27-15-5-2-6-16-27)31-22-20-25-12-8-10-18-29(25)33(31)32-28-17-9-7-11-24(28)19-21-30(32)34/h7-12,17-23,26-27H,1-6,13-16H2/q+1. The first-order chi connectivity index (χ1) is 17.4. The fourth-order valence-electron chi connectivity index (χ4n) is 7.03. The average Bonchev–Trinajstić information content (AvgIpc) is 3.09. The highest BCUT2D eigenvalue weighted by Gasteiger charge is 2.36. The van der Waals surface area contributed by atoms with Gasteiger partial charge in [-0.25, -0.2) is 9.48 Å². The molecule has 3 aliphatic rings. The molecule has 2 heteroatoms. The van der Waals surface area contributed by atoms with Crippen LogP contribution in [0.4, 0.5) is 11.4 Å². The zero-order valence-corrected chi connectivity index (χ0v) is 20.6. The zero-order chi connectivity index (χ0) is 23.2. The normalized spacial score (nSPS) is 19.3. The van der Waals surface area contributed by atoms with Crippen molar-refractivity contribution in [2.75, 3.05) is 4.90 Å². The zero-order valence-electron chi connectivity index (χ0n) is 20.6. The van der Waals surface area contributed by atoms with Crippen molar-refractivity contribution < 1.29 is 4.58 Å². The van der Waals surface area contributed by atoms with Gasteiger partial charge < -0.3 is 0 Å². The predicted molar refractivity (Wildman–Crippen MR) is 149 cm³/mol. The predicted octanol–water partition coefficient (Wildman–Crippen LogP) is 8.82. The van der Waals surface area contributed by atoms with Crippen LogP contribution in [0.5, 0.6) is 0 Å². The molecule has 2 nitrogen and oxygen atoms in total. The molecule has 0 atom stereocenters.